The number of carbonyl (C=O) groups is 1. The molecule has 7 heteroatoms. The van der Waals surface area contributed by atoms with Gasteiger partial charge in [0.05, 0.1) is 5.75 Å². The molecule has 90 valence electrons. The monoisotopic (exact) mass is 267 g/mol. The molecule has 0 bridgehead atoms. The number of rotatable bonds is 5. The van der Waals surface area contributed by atoms with Crippen LogP contribution in [-0.2, 0) is 10.1 Å². The number of benzene rings is 1. The number of hydrogen-bond acceptors (Lipinski definition) is 3. The van der Waals surface area contributed by atoms with Crippen molar-refractivity contribution in [3.8, 4) is 0 Å². The van der Waals surface area contributed by atoms with Gasteiger partial charge in [-0.2, -0.15) is 8.42 Å². The Balaban J connectivity index is 0.00000256. The fourth-order valence-corrected chi connectivity index (χ4v) is 1.66. The Kier molecular flexibility index (Phi) is 7.65. The molecule has 1 rings (SSSR count). The molecule has 1 amide bonds. The van der Waals surface area contributed by atoms with E-state index in [0.717, 1.165) is 0 Å². The average Bonchev–Trinajstić information content (AvgIpc) is 2.24. The molecule has 1 aromatic carbocycles. The third-order valence-electron chi connectivity index (χ3n) is 1.90. The molecule has 0 saturated heterocycles. The van der Waals surface area contributed by atoms with Crippen LogP contribution in [0.4, 0.5) is 0 Å². The fraction of sp³-hybridized carbons (Fsp3) is 0.300. The normalized spacial score (nSPS) is 10.4. The summed E-state index contributed by atoms with van der Waals surface area (Å²) < 4.78 is 29.2. The molecule has 0 aliphatic carbocycles. The quantitative estimate of drug-likeness (QED) is 0.448. The van der Waals surface area contributed by atoms with Crippen LogP contribution in [0.15, 0.2) is 30.3 Å². The van der Waals surface area contributed by atoms with Crippen LogP contribution in [0.25, 0.3) is 0 Å². The molecule has 0 aliphatic heterocycles. The van der Waals surface area contributed by atoms with Crippen LogP contribution in [0.2, 0.25) is 0 Å². The Bertz CT molecular complexity index is 447. The van der Waals surface area contributed by atoms with Crippen LogP contribution in [0.3, 0.4) is 0 Å². The van der Waals surface area contributed by atoms with E-state index < -0.39 is 10.1 Å². The van der Waals surface area contributed by atoms with Crippen molar-refractivity contribution >= 4 is 45.6 Å². The van der Waals surface area contributed by atoms with E-state index in [-0.39, 0.29) is 54.2 Å². The summed E-state index contributed by atoms with van der Waals surface area (Å²) in [6, 6.07) is 8.62. The zero-order valence-corrected chi connectivity index (χ0v) is 9.40. The molecule has 0 radical (unpaired) electrons. The number of carbonyl (C=O) groups excluding carboxylic acids is 1. The molecule has 0 saturated carbocycles. The van der Waals surface area contributed by atoms with Crippen molar-refractivity contribution in [2.45, 2.75) is 6.42 Å². The van der Waals surface area contributed by atoms with Crippen LogP contribution in [-0.4, -0.2) is 60.7 Å². The standard InChI is InChI=1S/C10H13NO4S.Na.H/c12-10(9-5-2-1-3-6-9)11-7-4-8-16(13,14)15;;/h1-3,5-6H,4,7-8H2,(H,11,12)(H,13,14,15);;. The van der Waals surface area contributed by atoms with Gasteiger partial charge in [-0.25, -0.2) is 0 Å². The molecular weight excluding hydrogens is 253 g/mol. The molecular formula is C10H14NNaO4S. The van der Waals surface area contributed by atoms with Gasteiger partial charge in [0.1, 0.15) is 0 Å². The summed E-state index contributed by atoms with van der Waals surface area (Å²) >= 11 is 0. The summed E-state index contributed by atoms with van der Waals surface area (Å²) in [5.41, 5.74) is 0.523. The first-order chi connectivity index (χ1) is 7.49. The Morgan fingerprint density at radius 2 is 1.82 bits per heavy atom. The van der Waals surface area contributed by atoms with Crippen molar-refractivity contribution in [3.63, 3.8) is 0 Å². The van der Waals surface area contributed by atoms with Crippen molar-refractivity contribution < 1.29 is 17.8 Å². The molecule has 0 fully saturated rings. The zero-order valence-electron chi connectivity index (χ0n) is 8.59. The molecule has 1 aromatic rings. The molecule has 0 aromatic heterocycles. The van der Waals surface area contributed by atoms with Crippen LogP contribution < -0.4 is 5.32 Å². The first-order valence-corrected chi connectivity index (χ1v) is 6.38. The van der Waals surface area contributed by atoms with Crippen LogP contribution >= 0.6 is 0 Å². The Labute approximate surface area is 123 Å². The van der Waals surface area contributed by atoms with E-state index in [1.807, 2.05) is 0 Å². The van der Waals surface area contributed by atoms with E-state index in [1.165, 1.54) is 0 Å². The van der Waals surface area contributed by atoms with Crippen molar-refractivity contribution in [1.29, 1.82) is 0 Å². The second kappa shape index (κ2) is 7.84. The van der Waals surface area contributed by atoms with Gasteiger partial charge in [0, 0.05) is 12.1 Å². The summed E-state index contributed by atoms with van der Waals surface area (Å²) in [5.74, 6) is -0.599. The van der Waals surface area contributed by atoms with Crippen molar-refractivity contribution in [3.05, 3.63) is 35.9 Å². The topological polar surface area (TPSA) is 83.5 Å². The molecule has 0 aliphatic rings. The van der Waals surface area contributed by atoms with Gasteiger partial charge < -0.3 is 5.32 Å². The van der Waals surface area contributed by atoms with Gasteiger partial charge in [0.2, 0.25) is 0 Å². The Morgan fingerprint density at radius 1 is 1.24 bits per heavy atom. The second-order valence-electron chi connectivity index (χ2n) is 3.26. The predicted octanol–water partition coefficient (Wildman–Crippen LogP) is 0.0458. The third-order valence-corrected chi connectivity index (χ3v) is 2.71. The van der Waals surface area contributed by atoms with Gasteiger partial charge in [-0.3, -0.25) is 9.35 Å². The first-order valence-electron chi connectivity index (χ1n) is 4.77. The SMILES string of the molecule is O=C(NCCCS(=O)(=O)O)c1ccccc1.[NaH]. The van der Waals surface area contributed by atoms with E-state index in [1.54, 1.807) is 30.3 Å². The van der Waals surface area contributed by atoms with Crippen molar-refractivity contribution in [2.75, 3.05) is 12.3 Å². The van der Waals surface area contributed by atoms with E-state index in [4.69, 9.17) is 4.55 Å². The summed E-state index contributed by atoms with van der Waals surface area (Å²) in [6.07, 6.45) is 0.192. The average molecular weight is 267 g/mol. The number of nitrogens with one attached hydrogen (secondary N) is 1. The second-order valence-corrected chi connectivity index (χ2v) is 4.83. The fourth-order valence-electron chi connectivity index (χ4n) is 1.15. The predicted molar refractivity (Wildman–Crippen MR) is 67.0 cm³/mol. The molecule has 0 heterocycles. The summed E-state index contributed by atoms with van der Waals surface area (Å²) in [6.45, 7) is 0.216. The Hall–Kier alpha value is -0.400. The number of hydrogen-bond donors (Lipinski definition) is 2. The van der Waals surface area contributed by atoms with Crippen LogP contribution in [0, 0.1) is 0 Å². The van der Waals surface area contributed by atoms with Gasteiger partial charge in [-0.15, -0.1) is 0 Å². The molecule has 5 nitrogen and oxygen atoms in total. The van der Waals surface area contributed by atoms with Gasteiger partial charge in [0.25, 0.3) is 16.0 Å². The maximum absolute atomic E-state index is 11.4. The molecule has 17 heavy (non-hydrogen) atoms. The van der Waals surface area contributed by atoms with Gasteiger partial charge in [-0.05, 0) is 18.6 Å². The van der Waals surface area contributed by atoms with E-state index in [9.17, 15) is 13.2 Å². The minimum absolute atomic E-state index is 0. The zero-order chi connectivity index (χ0) is 12.0. The molecule has 2 N–H and O–H groups in total. The van der Waals surface area contributed by atoms with Gasteiger partial charge >= 0.3 is 29.6 Å². The Morgan fingerprint density at radius 3 is 2.35 bits per heavy atom. The minimum atomic E-state index is -3.94. The molecule has 0 spiro atoms. The maximum atomic E-state index is 11.4. The van der Waals surface area contributed by atoms with Crippen molar-refractivity contribution in [1.82, 2.24) is 5.32 Å². The van der Waals surface area contributed by atoms with E-state index in [2.05, 4.69) is 5.32 Å². The third kappa shape index (κ3) is 7.51. The van der Waals surface area contributed by atoms with E-state index in [0.29, 0.717) is 5.56 Å². The van der Waals surface area contributed by atoms with Gasteiger partial charge in [-0.1, -0.05) is 18.2 Å². The number of amides is 1. The van der Waals surface area contributed by atoms with E-state index >= 15 is 0 Å². The molecule has 0 unspecified atom stereocenters. The van der Waals surface area contributed by atoms with Crippen LogP contribution in [0.5, 0.6) is 0 Å². The van der Waals surface area contributed by atoms with Crippen molar-refractivity contribution in [2.24, 2.45) is 0 Å². The van der Waals surface area contributed by atoms with Crippen LogP contribution in [0.1, 0.15) is 16.8 Å². The molecule has 0 atom stereocenters. The summed E-state index contributed by atoms with van der Waals surface area (Å²) in [5, 5.41) is 2.56. The first kappa shape index (κ1) is 16.6. The summed E-state index contributed by atoms with van der Waals surface area (Å²) in [4.78, 5) is 11.4. The van der Waals surface area contributed by atoms with Gasteiger partial charge in [0.15, 0.2) is 0 Å². The summed E-state index contributed by atoms with van der Waals surface area (Å²) in [7, 11) is -3.94.